The Morgan fingerprint density at radius 3 is 2.54 bits per heavy atom. The minimum Gasteiger partial charge on any atom is -0.508 e. The Morgan fingerprint density at radius 1 is 1.18 bits per heavy atom. The van der Waals surface area contributed by atoms with Crippen LogP contribution in [0.2, 0.25) is 5.02 Å². The molecule has 2 aliphatic rings. The summed E-state index contributed by atoms with van der Waals surface area (Å²) in [5.74, 6) is -3.06. The molecule has 6 N–H and O–H groups in total. The zero-order valence-electron chi connectivity index (χ0n) is 20.7. The Bertz CT molecular complexity index is 1530. The number of aliphatic carboxylic acids is 1. The number of phenolic OH excluding ortho intramolecular Hbond substituents is 1. The summed E-state index contributed by atoms with van der Waals surface area (Å²) in [6, 6.07) is 7.25. The van der Waals surface area contributed by atoms with E-state index in [-0.39, 0.29) is 17.0 Å². The number of thioether (sulfide) groups is 1. The molecule has 0 saturated carbocycles. The summed E-state index contributed by atoms with van der Waals surface area (Å²) in [7, 11) is 0. The van der Waals surface area contributed by atoms with Gasteiger partial charge >= 0.3 is 5.97 Å². The Morgan fingerprint density at radius 2 is 1.87 bits per heavy atom. The van der Waals surface area contributed by atoms with Gasteiger partial charge in [-0.25, -0.2) is 4.79 Å². The van der Waals surface area contributed by atoms with Gasteiger partial charge in [0.15, 0.2) is 0 Å². The molecule has 0 aliphatic carbocycles. The summed E-state index contributed by atoms with van der Waals surface area (Å²) in [5, 5.41) is 25.1. The number of nitrogens with zero attached hydrogens (tertiary/aromatic N) is 2. The van der Waals surface area contributed by atoms with Gasteiger partial charge in [0.2, 0.25) is 11.8 Å². The largest absolute Gasteiger partial charge is 0.508 e. The van der Waals surface area contributed by atoms with Crippen LogP contribution in [0.1, 0.15) is 35.8 Å². The smallest absolute Gasteiger partial charge is 0.327 e. The van der Waals surface area contributed by atoms with E-state index in [1.54, 1.807) is 32.0 Å². The SMILES string of the molecule is CC1(C)S[C@@H]2[C@H](NC(=O)C(NC(=O)c3cnc4cc(Cl)ccc4c3N)c3ccc(O)cc3)C(=O)N2[C@H]1C(=O)O. The van der Waals surface area contributed by atoms with Gasteiger partial charge in [-0.15, -0.1) is 11.8 Å². The normalized spacial score (nSPS) is 22.1. The van der Waals surface area contributed by atoms with Crippen molar-refractivity contribution in [1.82, 2.24) is 20.5 Å². The number of fused-ring (bicyclic) bond motifs is 2. The molecule has 2 fully saturated rings. The Labute approximate surface area is 231 Å². The molecule has 1 unspecified atom stereocenters. The third-order valence-corrected chi connectivity index (χ3v) is 8.66. The fourth-order valence-electron chi connectivity index (χ4n) is 4.93. The van der Waals surface area contributed by atoms with Crippen molar-refractivity contribution in [2.24, 2.45) is 0 Å². The lowest BCUT2D eigenvalue weighted by atomic mass is 9.95. The molecule has 2 aliphatic heterocycles. The number of pyridine rings is 1. The van der Waals surface area contributed by atoms with Crippen molar-refractivity contribution in [3.63, 3.8) is 0 Å². The van der Waals surface area contributed by atoms with Crippen molar-refractivity contribution in [2.45, 2.75) is 42.1 Å². The first kappa shape index (κ1) is 26.6. The summed E-state index contributed by atoms with van der Waals surface area (Å²) in [6.45, 7) is 3.46. The third kappa shape index (κ3) is 4.59. The van der Waals surface area contributed by atoms with E-state index >= 15 is 0 Å². The van der Waals surface area contributed by atoms with E-state index in [0.717, 1.165) is 0 Å². The average Bonchev–Trinajstić information content (AvgIpc) is 3.14. The highest BCUT2D eigenvalue weighted by atomic mass is 35.5. The lowest BCUT2D eigenvalue weighted by molar-refractivity contribution is -0.161. The van der Waals surface area contributed by atoms with Gasteiger partial charge in [-0.2, -0.15) is 0 Å². The number of anilines is 1. The number of phenols is 1. The van der Waals surface area contributed by atoms with Crippen LogP contribution in [-0.4, -0.2) is 66.0 Å². The Balaban J connectivity index is 1.41. The van der Waals surface area contributed by atoms with Crippen LogP contribution in [0.5, 0.6) is 5.75 Å². The quantitative estimate of drug-likeness (QED) is 0.279. The number of nitrogens with one attached hydrogen (secondary N) is 2. The predicted molar refractivity (Wildman–Crippen MR) is 145 cm³/mol. The predicted octanol–water partition coefficient (Wildman–Crippen LogP) is 2.28. The molecule has 202 valence electrons. The van der Waals surface area contributed by atoms with Gasteiger partial charge in [-0.3, -0.25) is 19.4 Å². The van der Waals surface area contributed by atoms with E-state index < -0.39 is 51.9 Å². The number of carboxylic acid groups (broad SMARTS) is 1. The van der Waals surface area contributed by atoms with Crippen molar-refractivity contribution in [3.05, 3.63) is 64.8 Å². The van der Waals surface area contributed by atoms with Crippen LogP contribution in [0.3, 0.4) is 0 Å². The first-order valence-electron chi connectivity index (χ1n) is 11.9. The average molecular weight is 570 g/mol. The molecule has 3 heterocycles. The van der Waals surface area contributed by atoms with E-state index in [1.165, 1.54) is 47.1 Å². The molecule has 11 nitrogen and oxygen atoms in total. The molecule has 1 aromatic heterocycles. The van der Waals surface area contributed by atoms with E-state index in [2.05, 4.69) is 15.6 Å². The molecule has 0 spiro atoms. The van der Waals surface area contributed by atoms with Gasteiger partial charge < -0.3 is 31.5 Å². The number of aromatic nitrogens is 1. The molecule has 2 saturated heterocycles. The highest BCUT2D eigenvalue weighted by molar-refractivity contribution is 8.01. The number of halogens is 1. The highest BCUT2D eigenvalue weighted by Crippen LogP contribution is 2.50. The number of carbonyl (C=O) groups excluding carboxylic acids is 3. The first-order chi connectivity index (χ1) is 18.4. The number of hydrogen-bond donors (Lipinski definition) is 5. The molecule has 3 amide bonds. The maximum absolute atomic E-state index is 13.5. The van der Waals surface area contributed by atoms with E-state index in [1.807, 2.05) is 0 Å². The summed E-state index contributed by atoms with van der Waals surface area (Å²) < 4.78 is -0.763. The number of rotatable bonds is 6. The van der Waals surface area contributed by atoms with Crippen molar-refractivity contribution >= 4 is 63.6 Å². The van der Waals surface area contributed by atoms with Gasteiger partial charge in [-0.05, 0) is 49.7 Å². The maximum Gasteiger partial charge on any atom is 0.327 e. The van der Waals surface area contributed by atoms with Crippen LogP contribution in [0.15, 0.2) is 48.7 Å². The highest BCUT2D eigenvalue weighted by Gasteiger charge is 2.64. The van der Waals surface area contributed by atoms with Crippen molar-refractivity contribution < 1.29 is 29.4 Å². The number of carboxylic acids is 1. The number of carbonyl (C=O) groups is 4. The molecule has 0 bridgehead atoms. The van der Waals surface area contributed by atoms with Gasteiger partial charge in [-0.1, -0.05) is 23.7 Å². The monoisotopic (exact) mass is 569 g/mol. The summed E-state index contributed by atoms with van der Waals surface area (Å²) in [6.07, 6.45) is 1.28. The molecule has 2 aromatic carbocycles. The number of aromatic hydroxyl groups is 1. The van der Waals surface area contributed by atoms with E-state index in [4.69, 9.17) is 17.3 Å². The summed E-state index contributed by atoms with van der Waals surface area (Å²) in [5.41, 5.74) is 7.26. The fourth-order valence-corrected chi connectivity index (χ4v) is 6.72. The lowest BCUT2D eigenvalue weighted by Gasteiger charge is -2.44. The van der Waals surface area contributed by atoms with E-state index in [9.17, 15) is 29.4 Å². The zero-order chi connectivity index (χ0) is 28.2. The second-order valence-corrected chi connectivity index (χ2v) is 12.0. The minimum atomic E-state index is -1.27. The molecule has 5 rings (SSSR count). The number of hydrogen-bond acceptors (Lipinski definition) is 8. The molecular weight excluding hydrogens is 546 g/mol. The van der Waals surface area contributed by atoms with Crippen molar-refractivity contribution in [1.29, 1.82) is 0 Å². The van der Waals surface area contributed by atoms with Crippen molar-refractivity contribution in [3.8, 4) is 5.75 Å². The van der Waals surface area contributed by atoms with Crippen molar-refractivity contribution in [2.75, 3.05) is 5.73 Å². The number of benzene rings is 2. The third-order valence-electron chi connectivity index (χ3n) is 6.85. The topological polar surface area (TPSA) is 175 Å². The Hall–Kier alpha value is -4.03. The Kier molecular flexibility index (Phi) is 6.55. The molecular formula is C26H24ClN5O6S. The van der Waals surface area contributed by atoms with Crippen LogP contribution in [0, 0.1) is 0 Å². The van der Waals surface area contributed by atoms with Crippen LogP contribution in [0.4, 0.5) is 5.69 Å². The molecule has 0 radical (unpaired) electrons. The minimum absolute atomic E-state index is 0.0321. The second kappa shape index (κ2) is 9.62. The maximum atomic E-state index is 13.5. The van der Waals surface area contributed by atoms with Gasteiger partial charge in [0.25, 0.3) is 5.91 Å². The van der Waals surface area contributed by atoms with Gasteiger partial charge in [0.05, 0.1) is 16.8 Å². The van der Waals surface area contributed by atoms with Crippen LogP contribution >= 0.6 is 23.4 Å². The second-order valence-electron chi connectivity index (χ2n) is 9.83. The molecule has 39 heavy (non-hydrogen) atoms. The standard InChI is InChI=1S/C26H24ClN5O6S/c1-26(2)20(25(37)38)32-23(36)19(24(32)39-26)31-22(35)18(11-3-6-13(33)7-4-11)30-21(34)15-10-29-16-9-12(27)5-8-14(16)17(15)28/h3-10,18-20,24,33H,1-2H3,(H2,28,29)(H,30,34)(H,31,35)(H,37,38)/t18?,19-,20+,24-/m1/s1. The van der Waals surface area contributed by atoms with Gasteiger partial charge in [0, 0.05) is 21.4 Å². The number of nitrogen functional groups attached to an aromatic ring is 1. The van der Waals surface area contributed by atoms with Crippen LogP contribution < -0.4 is 16.4 Å². The fraction of sp³-hybridized carbons (Fsp3) is 0.269. The first-order valence-corrected chi connectivity index (χ1v) is 13.1. The zero-order valence-corrected chi connectivity index (χ0v) is 22.3. The van der Waals surface area contributed by atoms with Crippen LogP contribution in [-0.2, 0) is 14.4 Å². The number of β-lactam (4-membered cyclic amide) rings is 1. The summed E-state index contributed by atoms with van der Waals surface area (Å²) >= 11 is 7.30. The van der Waals surface area contributed by atoms with Gasteiger partial charge in [0.1, 0.15) is 29.2 Å². The van der Waals surface area contributed by atoms with E-state index in [0.29, 0.717) is 21.5 Å². The lowest BCUT2D eigenvalue weighted by Crippen LogP contribution is -2.71. The number of amides is 3. The number of nitrogens with two attached hydrogens (primary N) is 1. The summed E-state index contributed by atoms with van der Waals surface area (Å²) in [4.78, 5) is 57.0. The molecule has 4 atom stereocenters. The molecule has 13 heteroatoms. The molecule has 3 aromatic rings. The van der Waals surface area contributed by atoms with Crippen LogP contribution in [0.25, 0.3) is 10.9 Å².